The first-order valence-electron chi connectivity index (χ1n) is 4.41. The van der Waals surface area contributed by atoms with Gasteiger partial charge in [-0.1, -0.05) is 0 Å². The quantitative estimate of drug-likeness (QED) is 0.552. The van der Waals surface area contributed by atoms with E-state index in [1.807, 2.05) is 0 Å². The normalized spacial score (nSPS) is 25.4. The first-order chi connectivity index (χ1) is 5.43. The lowest BCUT2D eigenvalue weighted by molar-refractivity contribution is 0.276. The van der Waals surface area contributed by atoms with Gasteiger partial charge in [0.25, 0.3) is 0 Å². The fourth-order valence-corrected chi connectivity index (χ4v) is 1.34. The van der Waals surface area contributed by atoms with Crippen LogP contribution in [0.5, 0.6) is 0 Å². The van der Waals surface area contributed by atoms with E-state index in [0.717, 1.165) is 38.9 Å². The summed E-state index contributed by atoms with van der Waals surface area (Å²) in [6, 6.07) is 0.510. The maximum Gasteiger partial charge on any atom is 0.0431 e. The lowest BCUT2D eigenvalue weighted by Gasteiger charge is -2.22. The van der Waals surface area contributed by atoms with Crippen molar-refractivity contribution < 1.29 is 5.11 Å². The summed E-state index contributed by atoms with van der Waals surface area (Å²) in [6.07, 6.45) is 3.16. The number of piperazine rings is 1. The van der Waals surface area contributed by atoms with Crippen molar-refractivity contribution >= 4 is 0 Å². The molecule has 1 fully saturated rings. The SMILES string of the molecule is OCCCCC1CNCC[N]1. The van der Waals surface area contributed by atoms with Gasteiger partial charge >= 0.3 is 0 Å². The van der Waals surface area contributed by atoms with E-state index >= 15 is 0 Å². The molecule has 0 aromatic carbocycles. The van der Waals surface area contributed by atoms with Crippen molar-refractivity contribution in [1.82, 2.24) is 10.6 Å². The summed E-state index contributed by atoms with van der Waals surface area (Å²) < 4.78 is 0. The molecule has 1 radical (unpaired) electrons. The molecule has 0 amide bonds. The highest BCUT2D eigenvalue weighted by Gasteiger charge is 2.11. The molecule has 1 heterocycles. The van der Waals surface area contributed by atoms with Gasteiger partial charge in [-0.2, -0.15) is 0 Å². The van der Waals surface area contributed by atoms with Crippen LogP contribution in [0.1, 0.15) is 19.3 Å². The number of nitrogens with one attached hydrogen (secondary N) is 1. The van der Waals surface area contributed by atoms with Crippen LogP contribution in [0, 0.1) is 0 Å². The fourth-order valence-electron chi connectivity index (χ4n) is 1.34. The fraction of sp³-hybridized carbons (Fsp3) is 1.00. The van der Waals surface area contributed by atoms with Crippen molar-refractivity contribution in [2.24, 2.45) is 0 Å². The second-order valence-corrected chi connectivity index (χ2v) is 2.98. The van der Waals surface area contributed by atoms with Gasteiger partial charge < -0.3 is 10.4 Å². The molecule has 1 rings (SSSR count). The van der Waals surface area contributed by atoms with E-state index in [0.29, 0.717) is 12.6 Å². The summed E-state index contributed by atoms with van der Waals surface area (Å²) in [5, 5.41) is 16.3. The van der Waals surface area contributed by atoms with Gasteiger partial charge in [-0.05, 0) is 19.3 Å². The number of hydrogen-bond acceptors (Lipinski definition) is 2. The molecule has 0 bridgehead atoms. The van der Waals surface area contributed by atoms with Crippen LogP contribution >= 0.6 is 0 Å². The number of aliphatic hydroxyl groups excluding tert-OH is 1. The Kier molecular flexibility index (Phi) is 4.50. The Labute approximate surface area is 68.2 Å². The molecule has 65 valence electrons. The van der Waals surface area contributed by atoms with E-state index in [4.69, 9.17) is 5.11 Å². The maximum atomic E-state index is 8.55. The molecule has 1 atom stereocenters. The van der Waals surface area contributed by atoms with E-state index < -0.39 is 0 Å². The van der Waals surface area contributed by atoms with E-state index in [9.17, 15) is 0 Å². The minimum Gasteiger partial charge on any atom is -0.396 e. The summed E-state index contributed by atoms with van der Waals surface area (Å²) in [5.41, 5.74) is 0. The van der Waals surface area contributed by atoms with Crippen LogP contribution in [0.2, 0.25) is 0 Å². The maximum absolute atomic E-state index is 8.55. The van der Waals surface area contributed by atoms with Crippen LogP contribution in [0.15, 0.2) is 0 Å². The summed E-state index contributed by atoms with van der Waals surface area (Å²) in [4.78, 5) is 0. The van der Waals surface area contributed by atoms with Gasteiger partial charge in [-0.3, -0.25) is 0 Å². The van der Waals surface area contributed by atoms with Crippen molar-refractivity contribution in [1.29, 1.82) is 0 Å². The van der Waals surface area contributed by atoms with E-state index in [1.54, 1.807) is 0 Å². The van der Waals surface area contributed by atoms with E-state index in [-0.39, 0.29) is 0 Å². The second-order valence-electron chi connectivity index (χ2n) is 2.98. The van der Waals surface area contributed by atoms with Crippen LogP contribution < -0.4 is 10.6 Å². The minimum atomic E-state index is 0.320. The van der Waals surface area contributed by atoms with Gasteiger partial charge in [0.15, 0.2) is 0 Å². The topological polar surface area (TPSA) is 46.4 Å². The third-order valence-electron chi connectivity index (χ3n) is 2.00. The predicted molar refractivity (Wildman–Crippen MR) is 44.6 cm³/mol. The number of unbranched alkanes of at least 4 members (excludes halogenated alkanes) is 1. The van der Waals surface area contributed by atoms with Crippen LogP contribution in [-0.4, -0.2) is 37.4 Å². The molecular weight excluding hydrogens is 140 g/mol. The van der Waals surface area contributed by atoms with Crippen molar-refractivity contribution in [3.63, 3.8) is 0 Å². The number of aliphatic hydroxyl groups is 1. The van der Waals surface area contributed by atoms with Gasteiger partial charge in [0, 0.05) is 32.3 Å². The monoisotopic (exact) mass is 157 g/mol. The molecule has 1 unspecified atom stereocenters. The molecular formula is C8H17N2O. The van der Waals surface area contributed by atoms with Crippen LogP contribution in [-0.2, 0) is 0 Å². The number of hydrogen-bond donors (Lipinski definition) is 2. The Morgan fingerprint density at radius 3 is 3.00 bits per heavy atom. The molecule has 2 N–H and O–H groups in total. The van der Waals surface area contributed by atoms with Gasteiger partial charge in [-0.25, -0.2) is 5.32 Å². The molecule has 1 aliphatic heterocycles. The Morgan fingerprint density at radius 2 is 2.36 bits per heavy atom. The summed E-state index contributed by atoms with van der Waals surface area (Å²) in [5.74, 6) is 0. The van der Waals surface area contributed by atoms with Crippen LogP contribution in [0.4, 0.5) is 0 Å². The van der Waals surface area contributed by atoms with Gasteiger partial charge in [0.05, 0.1) is 0 Å². The third kappa shape index (κ3) is 3.70. The number of rotatable bonds is 4. The molecule has 0 saturated carbocycles. The standard InChI is InChI=1S/C8H17N2O/c11-6-2-1-3-8-7-9-4-5-10-8/h8-9,11H,1-7H2. The third-order valence-corrected chi connectivity index (χ3v) is 2.00. The molecule has 3 heteroatoms. The molecule has 0 aromatic rings. The molecule has 11 heavy (non-hydrogen) atoms. The Hall–Kier alpha value is -0.120. The van der Waals surface area contributed by atoms with Crippen molar-refractivity contribution in [3.05, 3.63) is 0 Å². The minimum absolute atomic E-state index is 0.320. The van der Waals surface area contributed by atoms with Crippen LogP contribution in [0.25, 0.3) is 0 Å². The molecule has 0 aliphatic carbocycles. The Balaban J connectivity index is 1.96. The van der Waals surface area contributed by atoms with Gasteiger partial charge in [0.2, 0.25) is 0 Å². The van der Waals surface area contributed by atoms with Crippen molar-refractivity contribution in [2.45, 2.75) is 25.3 Å². The molecule has 3 nitrogen and oxygen atoms in total. The molecule has 1 saturated heterocycles. The first-order valence-corrected chi connectivity index (χ1v) is 4.41. The summed E-state index contributed by atoms with van der Waals surface area (Å²) >= 11 is 0. The van der Waals surface area contributed by atoms with E-state index in [2.05, 4.69) is 10.6 Å². The second kappa shape index (κ2) is 5.52. The largest absolute Gasteiger partial charge is 0.396 e. The van der Waals surface area contributed by atoms with Gasteiger partial charge in [-0.15, -0.1) is 0 Å². The highest BCUT2D eigenvalue weighted by atomic mass is 16.2. The smallest absolute Gasteiger partial charge is 0.0431 e. The van der Waals surface area contributed by atoms with Crippen molar-refractivity contribution in [3.8, 4) is 0 Å². The number of nitrogens with zero attached hydrogens (tertiary/aromatic N) is 1. The summed E-state index contributed by atoms with van der Waals surface area (Å²) in [6.45, 7) is 3.35. The highest BCUT2D eigenvalue weighted by Crippen LogP contribution is 2.02. The average Bonchev–Trinajstić information content (AvgIpc) is 2.07. The molecule has 1 aliphatic rings. The van der Waals surface area contributed by atoms with Gasteiger partial charge in [0.1, 0.15) is 0 Å². The average molecular weight is 157 g/mol. The zero-order chi connectivity index (χ0) is 7.94. The Bertz CT molecular complexity index is 92.1. The lowest BCUT2D eigenvalue weighted by atomic mass is 10.1. The van der Waals surface area contributed by atoms with Crippen LogP contribution in [0.3, 0.4) is 0 Å². The first kappa shape index (κ1) is 8.97. The van der Waals surface area contributed by atoms with Crippen molar-refractivity contribution in [2.75, 3.05) is 26.2 Å². The highest BCUT2D eigenvalue weighted by molar-refractivity contribution is 4.74. The Morgan fingerprint density at radius 1 is 1.45 bits per heavy atom. The summed E-state index contributed by atoms with van der Waals surface area (Å²) in [7, 11) is 0. The molecule has 0 aromatic heterocycles. The predicted octanol–water partition coefficient (Wildman–Crippen LogP) is -0.275. The molecule has 0 spiro atoms. The lowest BCUT2D eigenvalue weighted by Crippen LogP contribution is -2.43. The zero-order valence-electron chi connectivity index (χ0n) is 6.92. The van der Waals surface area contributed by atoms with E-state index in [1.165, 1.54) is 0 Å². The zero-order valence-corrected chi connectivity index (χ0v) is 6.92.